The van der Waals surface area contributed by atoms with Crippen molar-refractivity contribution < 1.29 is 9.84 Å². The largest absolute Gasteiger partial charge is 0.493 e. The van der Waals surface area contributed by atoms with Gasteiger partial charge < -0.3 is 9.84 Å². The molecule has 0 saturated heterocycles. The fraction of sp³-hybridized carbons (Fsp3) is 0.368. The Labute approximate surface area is 126 Å². The van der Waals surface area contributed by atoms with Crippen LogP contribution in [0.4, 0.5) is 0 Å². The summed E-state index contributed by atoms with van der Waals surface area (Å²) >= 11 is 0. The first-order valence-corrected chi connectivity index (χ1v) is 7.63. The number of rotatable bonds is 3. The summed E-state index contributed by atoms with van der Waals surface area (Å²) in [6.45, 7) is 4.94. The molecule has 110 valence electrons. The molecule has 3 rings (SSSR count). The van der Waals surface area contributed by atoms with E-state index in [-0.39, 0.29) is 0 Å². The van der Waals surface area contributed by atoms with Gasteiger partial charge in [-0.1, -0.05) is 47.5 Å². The molecule has 2 heteroatoms. The smallest absolute Gasteiger partial charge is 0.128 e. The van der Waals surface area contributed by atoms with Gasteiger partial charge in [-0.3, -0.25) is 0 Å². The summed E-state index contributed by atoms with van der Waals surface area (Å²) in [5, 5.41) is 10.6. The van der Waals surface area contributed by atoms with Gasteiger partial charge in [0.1, 0.15) is 5.75 Å². The number of para-hydroxylation sites is 1. The van der Waals surface area contributed by atoms with Crippen LogP contribution in [0.1, 0.15) is 40.3 Å². The third kappa shape index (κ3) is 3.11. The Hall–Kier alpha value is -1.80. The van der Waals surface area contributed by atoms with Crippen molar-refractivity contribution in [1.82, 2.24) is 0 Å². The normalized spacial score (nSPS) is 15.2. The number of aryl methyl sites for hydroxylation is 3. The third-order valence-corrected chi connectivity index (χ3v) is 4.03. The van der Waals surface area contributed by atoms with Crippen LogP contribution >= 0.6 is 0 Å². The number of hydrogen-bond donors (Lipinski definition) is 1. The molecule has 2 nitrogen and oxygen atoms in total. The van der Waals surface area contributed by atoms with E-state index in [2.05, 4.69) is 38.1 Å². The van der Waals surface area contributed by atoms with Crippen LogP contribution in [0.3, 0.4) is 0 Å². The minimum atomic E-state index is -0.515. The lowest BCUT2D eigenvalue weighted by Crippen LogP contribution is -2.13. The van der Waals surface area contributed by atoms with E-state index >= 15 is 0 Å². The first kappa shape index (κ1) is 14.2. The summed E-state index contributed by atoms with van der Waals surface area (Å²) in [5.74, 6) is 0.903. The van der Waals surface area contributed by atoms with E-state index < -0.39 is 6.10 Å². The first-order chi connectivity index (χ1) is 10.1. The van der Waals surface area contributed by atoms with Crippen LogP contribution in [0.5, 0.6) is 5.75 Å². The van der Waals surface area contributed by atoms with Crippen LogP contribution < -0.4 is 4.74 Å². The molecule has 1 atom stereocenters. The number of aliphatic hydroxyl groups is 1. The predicted octanol–water partition coefficient (Wildman–Crippen LogP) is 3.90. The number of fused-ring (bicyclic) bond motifs is 1. The molecule has 0 spiro atoms. The van der Waals surface area contributed by atoms with Gasteiger partial charge in [-0.25, -0.2) is 0 Å². The zero-order chi connectivity index (χ0) is 14.8. The molecule has 0 saturated carbocycles. The molecule has 1 unspecified atom stereocenters. The molecule has 0 aliphatic carbocycles. The van der Waals surface area contributed by atoms with Crippen molar-refractivity contribution in [3.8, 4) is 5.75 Å². The molecule has 1 N–H and O–H groups in total. The van der Waals surface area contributed by atoms with E-state index in [0.717, 1.165) is 30.8 Å². The Morgan fingerprint density at radius 2 is 1.90 bits per heavy atom. The average molecular weight is 282 g/mol. The summed E-state index contributed by atoms with van der Waals surface area (Å²) in [4.78, 5) is 0. The van der Waals surface area contributed by atoms with Crippen LogP contribution in [0.25, 0.3) is 0 Å². The fourth-order valence-electron chi connectivity index (χ4n) is 3.20. The number of benzene rings is 2. The molecular formula is C19H22O2. The molecule has 0 bridgehead atoms. The second-order valence-corrected chi connectivity index (χ2v) is 6.00. The van der Waals surface area contributed by atoms with Gasteiger partial charge >= 0.3 is 0 Å². The van der Waals surface area contributed by atoms with Crippen molar-refractivity contribution in [3.05, 3.63) is 64.2 Å². The molecule has 2 aromatic carbocycles. The molecule has 1 aliphatic rings. The van der Waals surface area contributed by atoms with Gasteiger partial charge in [0.25, 0.3) is 0 Å². The maximum Gasteiger partial charge on any atom is 0.128 e. The minimum absolute atomic E-state index is 0.515. The molecule has 2 aromatic rings. The van der Waals surface area contributed by atoms with Crippen molar-refractivity contribution in [1.29, 1.82) is 0 Å². The van der Waals surface area contributed by atoms with Gasteiger partial charge in [0.15, 0.2) is 0 Å². The molecule has 0 radical (unpaired) electrons. The summed E-state index contributed by atoms with van der Waals surface area (Å²) in [6, 6.07) is 12.6. The van der Waals surface area contributed by atoms with Crippen LogP contribution in [0, 0.1) is 13.8 Å². The second kappa shape index (κ2) is 5.90. The Morgan fingerprint density at radius 3 is 2.67 bits per heavy atom. The lowest BCUT2D eigenvalue weighted by Gasteiger charge is -2.23. The Bertz CT molecular complexity index is 626. The molecular weight excluding hydrogens is 260 g/mol. The van der Waals surface area contributed by atoms with Crippen molar-refractivity contribution in [2.24, 2.45) is 0 Å². The zero-order valence-electron chi connectivity index (χ0n) is 12.7. The lowest BCUT2D eigenvalue weighted by atomic mass is 9.95. The molecule has 1 heterocycles. The van der Waals surface area contributed by atoms with Gasteiger partial charge in [-0.15, -0.1) is 0 Å². The highest BCUT2D eigenvalue weighted by molar-refractivity contribution is 5.44. The molecule has 0 aromatic heterocycles. The Balaban J connectivity index is 1.87. The summed E-state index contributed by atoms with van der Waals surface area (Å²) < 4.78 is 5.80. The van der Waals surface area contributed by atoms with Crippen LogP contribution in [-0.4, -0.2) is 11.7 Å². The van der Waals surface area contributed by atoms with Gasteiger partial charge in [0, 0.05) is 12.0 Å². The fourth-order valence-corrected chi connectivity index (χ4v) is 3.20. The molecule has 0 fully saturated rings. The molecule has 1 aliphatic heterocycles. The highest BCUT2D eigenvalue weighted by Gasteiger charge is 2.19. The zero-order valence-corrected chi connectivity index (χ0v) is 12.7. The van der Waals surface area contributed by atoms with Crippen molar-refractivity contribution in [2.45, 2.75) is 39.2 Å². The van der Waals surface area contributed by atoms with Gasteiger partial charge in [-0.2, -0.15) is 0 Å². The van der Waals surface area contributed by atoms with E-state index in [1.54, 1.807) is 0 Å². The molecule has 0 amide bonds. The van der Waals surface area contributed by atoms with Crippen LogP contribution in [0.2, 0.25) is 0 Å². The average Bonchev–Trinajstić information content (AvgIpc) is 2.45. The maximum atomic E-state index is 10.6. The number of aliphatic hydroxyl groups excluding tert-OH is 1. The van der Waals surface area contributed by atoms with Crippen molar-refractivity contribution >= 4 is 0 Å². The van der Waals surface area contributed by atoms with Crippen LogP contribution in [0.15, 0.2) is 36.4 Å². The number of hydrogen-bond acceptors (Lipinski definition) is 2. The standard InChI is InChI=1S/C19H22O2/c1-13-9-14(2)11-15(10-13)12-18(20)17-7-3-5-16-6-4-8-21-19(16)17/h3,5,7,9-11,18,20H,4,6,8,12H2,1-2H3. The second-order valence-electron chi connectivity index (χ2n) is 6.00. The number of ether oxygens (including phenoxy) is 1. The van der Waals surface area contributed by atoms with Gasteiger partial charge in [-0.05, 0) is 37.8 Å². The maximum absolute atomic E-state index is 10.6. The predicted molar refractivity (Wildman–Crippen MR) is 84.8 cm³/mol. The Kier molecular flexibility index (Phi) is 3.98. The van der Waals surface area contributed by atoms with Crippen molar-refractivity contribution in [2.75, 3.05) is 6.61 Å². The van der Waals surface area contributed by atoms with E-state index in [9.17, 15) is 5.11 Å². The topological polar surface area (TPSA) is 29.5 Å². The molecule has 21 heavy (non-hydrogen) atoms. The SMILES string of the molecule is Cc1cc(C)cc(CC(O)c2cccc3c2OCCC3)c1. The first-order valence-electron chi connectivity index (χ1n) is 7.63. The van der Waals surface area contributed by atoms with Crippen LogP contribution in [-0.2, 0) is 12.8 Å². The Morgan fingerprint density at radius 1 is 1.14 bits per heavy atom. The lowest BCUT2D eigenvalue weighted by molar-refractivity contribution is 0.169. The van der Waals surface area contributed by atoms with Crippen molar-refractivity contribution in [3.63, 3.8) is 0 Å². The van der Waals surface area contributed by atoms with Gasteiger partial charge in [0.05, 0.1) is 12.7 Å². The third-order valence-electron chi connectivity index (χ3n) is 4.03. The van der Waals surface area contributed by atoms with E-state index in [1.807, 2.05) is 12.1 Å². The monoisotopic (exact) mass is 282 g/mol. The van der Waals surface area contributed by atoms with E-state index in [4.69, 9.17) is 4.74 Å². The highest BCUT2D eigenvalue weighted by Crippen LogP contribution is 2.34. The summed E-state index contributed by atoms with van der Waals surface area (Å²) in [5.41, 5.74) is 5.80. The highest BCUT2D eigenvalue weighted by atomic mass is 16.5. The van der Waals surface area contributed by atoms with Gasteiger partial charge in [0.2, 0.25) is 0 Å². The summed E-state index contributed by atoms with van der Waals surface area (Å²) in [6.07, 6.45) is 2.21. The summed E-state index contributed by atoms with van der Waals surface area (Å²) in [7, 11) is 0. The quantitative estimate of drug-likeness (QED) is 0.925. The minimum Gasteiger partial charge on any atom is -0.493 e. The van der Waals surface area contributed by atoms with E-state index in [1.165, 1.54) is 22.3 Å². The van der Waals surface area contributed by atoms with E-state index in [0.29, 0.717) is 6.42 Å².